The van der Waals surface area contributed by atoms with Crippen LogP contribution in [-0.4, -0.2) is 34.2 Å². The first-order valence-electron chi connectivity index (χ1n) is 9.11. The number of hydrogen-bond donors (Lipinski definition) is 1. The molecule has 134 valence electrons. The first kappa shape index (κ1) is 17.9. The van der Waals surface area contributed by atoms with E-state index in [2.05, 4.69) is 35.0 Å². The van der Waals surface area contributed by atoms with Gasteiger partial charge in [-0.25, -0.2) is 0 Å². The van der Waals surface area contributed by atoms with E-state index in [1.807, 2.05) is 24.4 Å². The van der Waals surface area contributed by atoms with Crippen LogP contribution in [0.4, 0.5) is 0 Å². The average molecular weight is 340 g/mol. The van der Waals surface area contributed by atoms with E-state index in [0.29, 0.717) is 6.04 Å². The summed E-state index contributed by atoms with van der Waals surface area (Å²) in [6, 6.07) is 13.0. The van der Waals surface area contributed by atoms with Crippen molar-refractivity contribution in [3.63, 3.8) is 0 Å². The van der Waals surface area contributed by atoms with Crippen molar-refractivity contribution in [1.82, 2.24) is 9.88 Å². The third-order valence-corrected chi connectivity index (χ3v) is 5.19. The van der Waals surface area contributed by atoms with Crippen molar-refractivity contribution in [3.05, 3.63) is 59.4 Å². The first-order valence-corrected chi connectivity index (χ1v) is 9.11. The highest BCUT2D eigenvalue weighted by molar-refractivity contribution is 5.28. The highest BCUT2D eigenvalue weighted by Gasteiger charge is 2.25. The number of aliphatic hydroxyl groups is 1. The standard InChI is InChI=1S/C21H28N2O2/c1-16-18(6-4-12-22-16)15-23(19-8-10-20(24)11-9-19)14-17-5-3-7-21(13-17)25-2/h3-7,12-13,19-20,24H,8-11,14-15H2,1-2H3. The second kappa shape index (κ2) is 8.45. The molecular formula is C21H28N2O2. The molecule has 0 spiro atoms. The Morgan fingerprint density at radius 1 is 1.12 bits per heavy atom. The minimum absolute atomic E-state index is 0.130. The zero-order valence-corrected chi connectivity index (χ0v) is 15.2. The monoisotopic (exact) mass is 340 g/mol. The molecule has 1 heterocycles. The molecule has 1 aliphatic rings. The lowest BCUT2D eigenvalue weighted by atomic mass is 9.91. The molecule has 1 N–H and O–H groups in total. The molecule has 4 nitrogen and oxygen atoms in total. The van der Waals surface area contributed by atoms with Gasteiger partial charge in [-0.1, -0.05) is 18.2 Å². The Hall–Kier alpha value is -1.91. The number of hydrogen-bond acceptors (Lipinski definition) is 4. The highest BCUT2D eigenvalue weighted by atomic mass is 16.5. The first-order chi connectivity index (χ1) is 12.2. The van der Waals surface area contributed by atoms with Crippen LogP contribution in [0.3, 0.4) is 0 Å². The van der Waals surface area contributed by atoms with E-state index in [-0.39, 0.29) is 6.10 Å². The molecule has 0 bridgehead atoms. The SMILES string of the molecule is COc1cccc(CN(Cc2cccnc2C)C2CCC(O)CC2)c1. The second-order valence-electron chi connectivity index (χ2n) is 6.97. The maximum Gasteiger partial charge on any atom is 0.119 e. The van der Waals surface area contributed by atoms with Crippen LogP contribution in [0.15, 0.2) is 42.6 Å². The van der Waals surface area contributed by atoms with Crippen LogP contribution in [0.25, 0.3) is 0 Å². The van der Waals surface area contributed by atoms with E-state index in [1.54, 1.807) is 7.11 Å². The van der Waals surface area contributed by atoms with Gasteiger partial charge in [-0.2, -0.15) is 0 Å². The Morgan fingerprint density at radius 2 is 1.92 bits per heavy atom. The molecule has 0 unspecified atom stereocenters. The molecule has 1 saturated carbocycles. The number of aliphatic hydroxyl groups excluding tert-OH is 1. The Labute approximate surface area is 150 Å². The van der Waals surface area contributed by atoms with Crippen LogP contribution in [0, 0.1) is 6.92 Å². The Bertz CT molecular complexity index is 681. The number of methoxy groups -OCH3 is 1. The minimum Gasteiger partial charge on any atom is -0.497 e. The fraction of sp³-hybridized carbons (Fsp3) is 0.476. The molecule has 0 amide bonds. The van der Waals surface area contributed by atoms with Gasteiger partial charge in [-0.05, 0) is 61.9 Å². The Kier molecular flexibility index (Phi) is 6.05. The van der Waals surface area contributed by atoms with Crippen molar-refractivity contribution >= 4 is 0 Å². The predicted octanol–water partition coefficient (Wildman–Crippen LogP) is 3.70. The molecule has 2 aromatic rings. The quantitative estimate of drug-likeness (QED) is 0.871. The van der Waals surface area contributed by atoms with E-state index >= 15 is 0 Å². The van der Waals surface area contributed by atoms with Crippen LogP contribution >= 0.6 is 0 Å². The van der Waals surface area contributed by atoms with Crippen molar-refractivity contribution in [2.75, 3.05) is 7.11 Å². The van der Waals surface area contributed by atoms with Crippen molar-refractivity contribution in [3.8, 4) is 5.75 Å². The summed E-state index contributed by atoms with van der Waals surface area (Å²) >= 11 is 0. The number of nitrogens with zero attached hydrogens (tertiary/aromatic N) is 2. The largest absolute Gasteiger partial charge is 0.497 e. The van der Waals surface area contributed by atoms with Crippen LogP contribution in [0.1, 0.15) is 42.5 Å². The molecule has 1 aromatic carbocycles. The minimum atomic E-state index is -0.130. The molecule has 25 heavy (non-hydrogen) atoms. The van der Waals surface area contributed by atoms with Gasteiger partial charge in [0.05, 0.1) is 13.2 Å². The number of benzene rings is 1. The van der Waals surface area contributed by atoms with Crippen LogP contribution in [0.5, 0.6) is 5.75 Å². The van der Waals surface area contributed by atoms with E-state index in [4.69, 9.17) is 4.74 Å². The van der Waals surface area contributed by atoms with Crippen molar-refractivity contribution < 1.29 is 9.84 Å². The second-order valence-corrected chi connectivity index (χ2v) is 6.97. The third-order valence-electron chi connectivity index (χ3n) is 5.19. The summed E-state index contributed by atoms with van der Waals surface area (Å²) in [6.07, 6.45) is 5.60. The van der Waals surface area contributed by atoms with E-state index in [9.17, 15) is 5.11 Å². The van der Waals surface area contributed by atoms with Crippen molar-refractivity contribution in [2.45, 2.75) is 57.8 Å². The van der Waals surface area contributed by atoms with E-state index < -0.39 is 0 Å². The van der Waals surface area contributed by atoms with E-state index in [1.165, 1.54) is 11.1 Å². The number of pyridine rings is 1. The number of aromatic nitrogens is 1. The van der Waals surface area contributed by atoms with Gasteiger partial charge in [0.2, 0.25) is 0 Å². The summed E-state index contributed by atoms with van der Waals surface area (Å²) < 4.78 is 5.37. The van der Waals surface area contributed by atoms with E-state index in [0.717, 1.165) is 50.2 Å². The van der Waals surface area contributed by atoms with Crippen LogP contribution in [0.2, 0.25) is 0 Å². The number of ether oxygens (including phenoxy) is 1. The van der Waals surface area contributed by atoms with Gasteiger partial charge in [-0.15, -0.1) is 0 Å². The summed E-state index contributed by atoms with van der Waals surface area (Å²) in [5.74, 6) is 0.897. The lowest BCUT2D eigenvalue weighted by molar-refractivity contribution is 0.0664. The molecule has 0 atom stereocenters. The fourth-order valence-electron chi connectivity index (χ4n) is 3.65. The van der Waals surface area contributed by atoms with Crippen molar-refractivity contribution in [2.24, 2.45) is 0 Å². The topological polar surface area (TPSA) is 45.6 Å². The molecule has 0 saturated heterocycles. The normalized spacial score (nSPS) is 20.6. The lowest BCUT2D eigenvalue weighted by Gasteiger charge is -2.36. The summed E-state index contributed by atoms with van der Waals surface area (Å²) in [5.41, 5.74) is 3.62. The number of aryl methyl sites for hydroxylation is 1. The summed E-state index contributed by atoms with van der Waals surface area (Å²) in [7, 11) is 1.71. The van der Waals surface area contributed by atoms with Gasteiger partial charge in [0.25, 0.3) is 0 Å². The molecule has 1 fully saturated rings. The van der Waals surface area contributed by atoms with Gasteiger partial charge in [0.1, 0.15) is 5.75 Å². The van der Waals surface area contributed by atoms with Gasteiger partial charge < -0.3 is 9.84 Å². The fourth-order valence-corrected chi connectivity index (χ4v) is 3.65. The molecule has 1 aromatic heterocycles. The molecule has 3 rings (SSSR count). The predicted molar refractivity (Wildman–Crippen MR) is 99.5 cm³/mol. The van der Waals surface area contributed by atoms with Crippen molar-refractivity contribution in [1.29, 1.82) is 0 Å². The zero-order valence-electron chi connectivity index (χ0n) is 15.2. The summed E-state index contributed by atoms with van der Waals surface area (Å²) in [4.78, 5) is 6.97. The van der Waals surface area contributed by atoms with Crippen LogP contribution < -0.4 is 4.74 Å². The summed E-state index contributed by atoms with van der Waals surface area (Å²) in [5, 5.41) is 9.86. The molecule has 4 heteroatoms. The Morgan fingerprint density at radius 3 is 2.64 bits per heavy atom. The average Bonchev–Trinajstić information content (AvgIpc) is 2.64. The van der Waals surface area contributed by atoms with Crippen LogP contribution in [-0.2, 0) is 13.1 Å². The van der Waals surface area contributed by atoms with Gasteiger partial charge in [0.15, 0.2) is 0 Å². The Balaban J connectivity index is 1.79. The molecule has 0 aliphatic heterocycles. The lowest BCUT2D eigenvalue weighted by Crippen LogP contribution is -2.38. The zero-order chi connectivity index (χ0) is 17.6. The molecule has 0 radical (unpaired) electrons. The third kappa shape index (κ3) is 4.80. The maximum atomic E-state index is 9.86. The molecule has 1 aliphatic carbocycles. The van der Waals surface area contributed by atoms with Gasteiger partial charge in [-0.3, -0.25) is 9.88 Å². The highest BCUT2D eigenvalue weighted by Crippen LogP contribution is 2.27. The summed E-state index contributed by atoms with van der Waals surface area (Å²) in [6.45, 7) is 3.84. The van der Waals surface area contributed by atoms with Gasteiger partial charge >= 0.3 is 0 Å². The maximum absolute atomic E-state index is 9.86. The van der Waals surface area contributed by atoms with Gasteiger partial charge in [0, 0.05) is 31.0 Å². The number of rotatable bonds is 6. The molecular weight excluding hydrogens is 312 g/mol. The smallest absolute Gasteiger partial charge is 0.119 e.